The molecule has 1 aromatic rings. The molecule has 78 valence electrons. The van der Waals surface area contributed by atoms with Gasteiger partial charge in [0.2, 0.25) is 5.13 Å². The van der Waals surface area contributed by atoms with Crippen LogP contribution in [-0.2, 0) is 0 Å². The lowest BCUT2D eigenvalue weighted by Crippen LogP contribution is -2.36. The van der Waals surface area contributed by atoms with Crippen molar-refractivity contribution in [2.75, 3.05) is 5.32 Å². The van der Waals surface area contributed by atoms with E-state index in [9.17, 15) is 0 Å². The third-order valence-electron chi connectivity index (χ3n) is 3.20. The number of aromatic nitrogens is 2. The molecule has 1 aromatic heterocycles. The molecule has 1 aliphatic rings. The van der Waals surface area contributed by atoms with Gasteiger partial charge in [0.1, 0.15) is 5.51 Å². The fourth-order valence-electron chi connectivity index (χ4n) is 2.34. The van der Waals surface area contributed by atoms with Gasteiger partial charge < -0.3 is 5.32 Å². The third-order valence-corrected chi connectivity index (χ3v) is 3.82. The Morgan fingerprint density at radius 1 is 1.36 bits per heavy atom. The van der Waals surface area contributed by atoms with E-state index >= 15 is 0 Å². The van der Waals surface area contributed by atoms with Crippen LogP contribution in [0.4, 0.5) is 5.13 Å². The lowest BCUT2D eigenvalue weighted by atomic mass is 9.79. The molecule has 3 nitrogen and oxygen atoms in total. The van der Waals surface area contributed by atoms with E-state index in [1.54, 1.807) is 16.8 Å². The van der Waals surface area contributed by atoms with E-state index in [4.69, 9.17) is 0 Å². The van der Waals surface area contributed by atoms with Gasteiger partial charge in [-0.3, -0.25) is 0 Å². The van der Waals surface area contributed by atoms with Gasteiger partial charge in [0.05, 0.1) is 0 Å². The van der Waals surface area contributed by atoms with Crippen molar-refractivity contribution in [2.45, 2.75) is 39.2 Å². The van der Waals surface area contributed by atoms with Crippen LogP contribution in [0.2, 0.25) is 0 Å². The zero-order valence-corrected chi connectivity index (χ0v) is 9.55. The van der Waals surface area contributed by atoms with Crippen LogP contribution < -0.4 is 5.32 Å². The van der Waals surface area contributed by atoms with E-state index in [1.165, 1.54) is 19.3 Å². The molecular weight excluding hydrogens is 194 g/mol. The molecule has 2 atom stereocenters. The lowest BCUT2D eigenvalue weighted by molar-refractivity contribution is 0.268. The van der Waals surface area contributed by atoms with E-state index < -0.39 is 0 Å². The molecule has 0 saturated heterocycles. The monoisotopic (exact) mass is 211 g/mol. The maximum Gasteiger partial charge on any atom is 0.205 e. The van der Waals surface area contributed by atoms with Crippen molar-refractivity contribution in [1.82, 2.24) is 10.2 Å². The summed E-state index contributed by atoms with van der Waals surface area (Å²) in [4.78, 5) is 0. The second-order valence-electron chi connectivity index (χ2n) is 4.30. The summed E-state index contributed by atoms with van der Waals surface area (Å²) in [6.45, 7) is 4.66. The first-order valence-electron chi connectivity index (χ1n) is 5.30. The maximum absolute atomic E-state index is 4.04. The molecule has 0 aliphatic heterocycles. The Labute approximate surface area is 88.9 Å². The number of anilines is 1. The summed E-state index contributed by atoms with van der Waals surface area (Å²) in [6, 6.07) is 0.580. The van der Waals surface area contributed by atoms with Crippen molar-refractivity contribution < 1.29 is 0 Å². The number of hydrogen-bond donors (Lipinski definition) is 1. The van der Waals surface area contributed by atoms with Crippen LogP contribution in [0.25, 0.3) is 0 Å². The summed E-state index contributed by atoms with van der Waals surface area (Å²) in [5, 5.41) is 12.4. The van der Waals surface area contributed by atoms with Gasteiger partial charge in [0.15, 0.2) is 0 Å². The van der Waals surface area contributed by atoms with E-state index in [0.29, 0.717) is 6.04 Å². The van der Waals surface area contributed by atoms with Crippen molar-refractivity contribution in [3.63, 3.8) is 0 Å². The van der Waals surface area contributed by atoms with Crippen molar-refractivity contribution in [2.24, 2.45) is 11.8 Å². The molecule has 4 heteroatoms. The Hall–Kier alpha value is -0.640. The number of nitrogens with zero attached hydrogens (tertiary/aromatic N) is 2. The second kappa shape index (κ2) is 4.26. The first-order chi connectivity index (χ1) is 6.77. The average molecular weight is 211 g/mol. The van der Waals surface area contributed by atoms with Gasteiger partial charge in [-0.1, -0.05) is 31.6 Å². The first kappa shape index (κ1) is 9.90. The molecule has 0 spiro atoms. The Kier molecular flexibility index (Phi) is 3.01. The zero-order valence-electron chi connectivity index (χ0n) is 8.73. The summed E-state index contributed by atoms with van der Waals surface area (Å²) in [5.74, 6) is 1.50. The van der Waals surface area contributed by atoms with Crippen molar-refractivity contribution >= 4 is 16.5 Å². The fraction of sp³-hybridized carbons (Fsp3) is 0.800. The molecule has 2 rings (SSSR count). The van der Waals surface area contributed by atoms with Crippen LogP contribution in [0.5, 0.6) is 0 Å². The molecule has 0 radical (unpaired) electrons. The molecule has 2 unspecified atom stereocenters. The fourth-order valence-corrected chi connectivity index (χ4v) is 2.84. The van der Waals surface area contributed by atoms with Crippen molar-refractivity contribution in [3.8, 4) is 0 Å². The summed E-state index contributed by atoms with van der Waals surface area (Å²) >= 11 is 1.59. The predicted molar refractivity (Wildman–Crippen MR) is 59.5 cm³/mol. The van der Waals surface area contributed by atoms with Gasteiger partial charge in [0.25, 0.3) is 0 Å². The number of nitrogens with one attached hydrogen (secondary N) is 1. The first-order valence-corrected chi connectivity index (χ1v) is 6.18. The highest BCUT2D eigenvalue weighted by molar-refractivity contribution is 7.13. The predicted octanol–water partition coefficient (Wildman–Crippen LogP) is 2.77. The van der Waals surface area contributed by atoms with Crippen LogP contribution in [0.1, 0.15) is 33.1 Å². The molecule has 1 N–H and O–H groups in total. The van der Waals surface area contributed by atoms with E-state index in [2.05, 4.69) is 29.4 Å². The van der Waals surface area contributed by atoms with Gasteiger partial charge in [-0.2, -0.15) is 0 Å². The molecule has 1 fully saturated rings. The normalized spacial score (nSPS) is 32.9. The molecule has 1 saturated carbocycles. The Bertz CT molecular complexity index is 263. The second-order valence-corrected chi connectivity index (χ2v) is 5.13. The van der Waals surface area contributed by atoms with Crippen molar-refractivity contribution in [3.05, 3.63) is 5.51 Å². The van der Waals surface area contributed by atoms with E-state index in [1.807, 2.05) is 0 Å². The highest BCUT2D eigenvalue weighted by atomic mass is 32.1. The molecule has 0 aromatic carbocycles. The number of rotatable bonds is 2. The maximum atomic E-state index is 4.04. The molecule has 0 bridgehead atoms. The summed E-state index contributed by atoms with van der Waals surface area (Å²) in [7, 11) is 0. The molecular formula is C10H17N3S. The van der Waals surface area contributed by atoms with E-state index in [0.717, 1.165) is 17.0 Å². The van der Waals surface area contributed by atoms with Gasteiger partial charge in [-0.25, -0.2) is 0 Å². The lowest BCUT2D eigenvalue weighted by Gasteiger charge is -2.34. The highest BCUT2D eigenvalue weighted by Gasteiger charge is 2.27. The smallest absolute Gasteiger partial charge is 0.205 e. The molecule has 0 amide bonds. The number of hydrogen-bond acceptors (Lipinski definition) is 4. The topological polar surface area (TPSA) is 37.8 Å². The minimum Gasteiger partial charge on any atom is -0.357 e. The largest absolute Gasteiger partial charge is 0.357 e. The van der Waals surface area contributed by atoms with Gasteiger partial charge in [-0.05, 0) is 24.7 Å². The molecule has 1 heterocycles. The minimum absolute atomic E-state index is 0.580. The van der Waals surface area contributed by atoms with Crippen LogP contribution in [0, 0.1) is 11.8 Å². The quantitative estimate of drug-likeness (QED) is 0.817. The standard InChI is InChI=1S/C10H17N3S/c1-7-4-3-5-8(2)9(7)12-10-13-11-6-14-10/h6-9H,3-5H2,1-2H3,(H,12,13). The van der Waals surface area contributed by atoms with Crippen LogP contribution in [-0.4, -0.2) is 16.2 Å². The van der Waals surface area contributed by atoms with Gasteiger partial charge >= 0.3 is 0 Å². The van der Waals surface area contributed by atoms with Crippen LogP contribution >= 0.6 is 11.3 Å². The van der Waals surface area contributed by atoms with Gasteiger partial charge in [-0.15, -0.1) is 10.2 Å². The van der Waals surface area contributed by atoms with Crippen LogP contribution in [0.3, 0.4) is 0 Å². The highest BCUT2D eigenvalue weighted by Crippen LogP contribution is 2.31. The summed E-state index contributed by atoms with van der Waals surface area (Å²) < 4.78 is 0. The third kappa shape index (κ3) is 2.05. The van der Waals surface area contributed by atoms with Crippen molar-refractivity contribution in [1.29, 1.82) is 0 Å². The SMILES string of the molecule is CC1CCCC(C)C1Nc1nncs1. The zero-order chi connectivity index (χ0) is 9.97. The molecule has 14 heavy (non-hydrogen) atoms. The Morgan fingerprint density at radius 3 is 2.64 bits per heavy atom. The Morgan fingerprint density at radius 2 is 2.07 bits per heavy atom. The average Bonchev–Trinajstić information content (AvgIpc) is 2.64. The van der Waals surface area contributed by atoms with E-state index in [-0.39, 0.29) is 0 Å². The Balaban J connectivity index is 2.01. The summed E-state index contributed by atoms with van der Waals surface area (Å²) in [5.41, 5.74) is 1.78. The summed E-state index contributed by atoms with van der Waals surface area (Å²) in [6.07, 6.45) is 4.04. The van der Waals surface area contributed by atoms with Crippen LogP contribution in [0.15, 0.2) is 5.51 Å². The molecule has 1 aliphatic carbocycles. The minimum atomic E-state index is 0.580. The van der Waals surface area contributed by atoms with Gasteiger partial charge in [0, 0.05) is 6.04 Å².